The zero-order valence-electron chi connectivity index (χ0n) is 11.8. The van der Waals surface area contributed by atoms with E-state index in [1.165, 1.54) is 6.33 Å². The van der Waals surface area contributed by atoms with Crippen molar-refractivity contribution in [2.45, 2.75) is 43.2 Å². The highest BCUT2D eigenvalue weighted by Crippen LogP contribution is 2.53. The van der Waals surface area contributed by atoms with Crippen molar-refractivity contribution in [3.8, 4) is 0 Å². The lowest BCUT2D eigenvalue weighted by Gasteiger charge is -2.33. The number of aliphatic hydroxyl groups is 1. The van der Waals surface area contributed by atoms with Gasteiger partial charge in [-0.15, -0.1) is 11.6 Å². The van der Waals surface area contributed by atoms with Gasteiger partial charge >= 0.3 is 0 Å². The first-order valence-electron chi connectivity index (χ1n) is 7.00. The molecule has 0 radical (unpaired) electrons. The molecule has 0 amide bonds. The molecule has 1 aromatic heterocycles. The van der Waals surface area contributed by atoms with Gasteiger partial charge in [-0.3, -0.25) is 9.78 Å². The Labute approximate surface area is 133 Å². The molecule has 0 bridgehead atoms. The molecule has 1 atom stereocenters. The van der Waals surface area contributed by atoms with Gasteiger partial charge in [-0.2, -0.15) is 0 Å². The SMILES string of the molecule is Cc1ccccc1CC(O)(Cn1[nH]cnc1=S)C1(Cl)CC1. The Hall–Kier alpha value is -1.17. The van der Waals surface area contributed by atoms with Crippen LogP contribution in [0.4, 0.5) is 0 Å². The summed E-state index contributed by atoms with van der Waals surface area (Å²) >= 11 is 11.7. The Morgan fingerprint density at radius 1 is 1.48 bits per heavy atom. The number of aromatic nitrogens is 3. The molecule has 2 aromatic rings. The van der Waals surface area contributed by atoms with E-state index in [4.69, 9.17) is 23.8 Å². The number of alkyl halides is 1. The van der Waals surface area contributed by atoms with Crippen LogP contribution in [0.5, 0.6) is 0 Å². The molecule has 1 aliphatic carbocycles. The highest BCUT2D eigenvalue weighted by atomic mass is 35.5. The fourth-order valence-corrected chi connectivity index (χ4v) is 3.10. The minimum atomic E-state index is -1.05. The third-order valence-electron chi connectivity index (χ3n) is 4.31. The summed E-state index contributed by atoms with van der Waals surface area (Å²) in [6.45, 7) is 2.37. The summed E-state index contributed by atoms with van der Waals surface area (Å²) in [6, 6.07) is 8.06. The Morgan fingerprint density at radius 2 is 2.19 bits per heavy atom. The summed E-state index contributed by atoms with van der Waals surface area (Å²) in [7, 11) is 0. The number of nitrogens with one attached hydrogen (secondary N) is 1. The van der Waals surface area contributed by atoms with Gasteiger partial charge in [0.2, 0.25) is 4.77 Å². The van der Waals surface area contributed by atoms with Gasteiger partial charge in [0.1, 0.15) is 11.9 Å². The molecule has 1 fully saturated rings. The number of rotatable bonds is 5. The summed E-state index contributed by atoms with van der Waals surface area (Å²) in [4.78, 5) is 3.42. The van der Waals surface area contributed by atoms with Crippen LogP contribution in [-0.2, 0) is 13.0 Å². The Bertz CT molecular complexity index is 707. The van der Waals surface area contributed by atoms with Crippen molar-refractivity contribution in [3.05, 3.63) is 46.5 Å². The molecule has 21 heavy (non-hydrogen) atoms. The monoisotopic (exact) mass is 323 g/mol. The minimum Gasteiger partial charge on any atom is -0.386 e. The van der Waals surface area contributed by atoms with E-state index in [1.807, 2.05) is 31.2 Å². The van der Waals surface area contributed by atoms with E-state index >= 15 is 0 Å². The number of hydrogen-bond acceptors (Lipinski definition) is 3. The number of H-pyrrole nitrogens is 1. The Kier molecular flexibility index (Phi) is 3.67. The van der Waals surface area contributed by atoms with Crippen LogP contribution in [-0.4, -0.2) is 30.3 Å². The topological polar surface area (TPSA) is 53.8 Å². The van der Waals surface area contributed by atoms with Gasteiger partial charge in [0.05, 0.1) is 11.4 Å². The van der Waals surface area contributed by atoms with Gasteiger partial charge in [-0.05, 0) is 43.1 Å². The standard InChI is InChI=1S/C15H18ClN3OS/c1-11-4-2-3-5-12(11)8-15(20,14(16)6-7-14)9-19-13(21)17-10-18-19/h2-5,10,20H,6-9H2,1H3,(H,17,18,21). The molecule has 0 spiro atoms. The van der Waals surface area contributed by atoms with Crippen molar-refractivity contribution < 1.29 is 5.11 Å². The Balaban J connectivity index is 1.93. The van der Waals surface area contributed by atoms with E-state index < -0.39 is 10.5 Å². The van der Waals surface area contributed by atoms with Gasteiger partial charge in [0, 0.05) is 6.42 Å². The molecule has 112 valence electrons. The van der Waals surface area contributed by atoms with E-state index in [2.05, 4.69) is 10.1 Å². The summed E-state index contributed by atoms with van der Waals surface area (Å²) in [5.74, 6) is 0. The fraction of sp³-hybridized carbons (Fsp3) is 0.467. The molecule has 3 rings (SSSR count). The van der Waals surface area contributed by atoms with E-state index in [-0.39, 0.29) is 0 Å². The van der Waals surface area contributed by atoms with Crippen molar-refractivity contribution in [1.82, 2.24) is 14.8 Å². The van der Waals surface area contributed by atoms with Crippen LogP contribution in [0.25, 0.3) is 0 Å². The maximum atomic E-state index is 11.2. The quantitative estimate of drug-likeness (QED) is 0.657. The van der Waals surface area contributed by atoms with E-state index in [0.717, 1.165) is 24.0 Å². The predicted molar refractivity (Wildman–Crippen MR) is 85.1 cm³/mol. The molecule has 4 nitrogen and oxygen atoms in total. The first-order chi connectivity index (χ1) is 9.94. The van der Waals surface area contributed by atoms with Gasteiger partial charge in [0.25, 0.3) is 0 Å². The normalized spacial score (nSPS) is 19.2. The molecule has 1 heterocycles. The molecule has 0 saturated heterocycles. The first-order valence-corrected chi connectivity index (χ1v) is 7.78. The van der Waals surface area contributed by atoms with E-state index in [1.54, 1.807) is 4.68 Å². The van der Waals surface area contributed by atoms with Gasteiger partial charge in [-0.1, -0.05) is 24.3 Å². The summed E-state index contributed by atoms with van der Waals surface area (Å²) < 4.78 is 2.11. The second-order valence-electron chi connectivity index (χ2n) is 5.86. The van der Waals surface area contributed by atoms with E-state index in [0.29, 0.717) is 17.7 Å². The average molecular weight is 324 g/mol. The second kappa shape index (κ2) is 5.23. The molecular weight excluding hydrogens is 306 g/mol. The van der Waals surface area contributed by atoms with Gasteiger partial charge < -0.3 is 5.11 Å². The van der Waals surface area contributed by atoms with Crippen molar-refractivity contribution in [3.63, 3.8) is 0 Å². The lowest BCUT2D eigenvalue weighted by atomic mass is 9.87. The molecule has 0 aliphatic heterocycles. The first kappa shape index (κ1) is 14.8. The molecule has 1 aromatic carbocycles. The summed E-state index contributed by atoms with van der Waals surface area (Å²) in [6.07, 6.45) is 3.67. The van der Waals surface area contributed by atoms with Gasteiger partial charge in [0.15, 0.2) is 0 Å². The number of aromatic amines is 1. The van der Waals surface area contributed by atoms with E-state index in [9.17, 15) is 5.11 Å². The minimum absolute atomic E-state index is 0.323. The van der Waals surface area contributed by atoms with Crippen molar-refractivity contribution >= 4 is 23.8 Å². The molecule has 2 N–H and O–H groups in total. The lowest BCUT2D eigenvalue weighted by molar-refractivity contribution is 0.00714. The largest absolute Gasteiger partial charge is 0.386 e. The maximum absolute atomic E-state index is 11.2. The zero-order chi connectivity index (χ0) is 15.1. The van der Waals surface area contributed by atoms with Crippen LogP contribution in [0.15, 0.2) is 30.6 Å². The van der Waals surface area contributed by atoms with Crippen molar-refractivity contribution in [2.75, 3.05) is 0 Å². The zero-order valence-corrected chi connectivity index (χ0v) is 13.4. The molecule has 1 aliphatic rings. The van der Waals surface area contributed by atoms with Crippen LogP contribution in [0.3, 0.4) is 0 Å². The molecule has 1 unspecified atom stereocenters. The number of nitrogens with zero attached hydrogens (tertiary/aromatic N) is 2. The predicted octanol–water partition coefficient (Wildman–Crippen LogP) is 2.99. The molecule has 1 saturated carbocycles. The maximum Gasteiger partial charge on any atom is 0.215 e. The van der Waals surface area contributed by atoms with Crippen molar-refractivity contribution in [1.29, 1.82) is 0 Å². The third-order valence-corrected chi connectivity index (χ3v) is 5.36. The highest BCUT2D eigenvalue weighted by molar-refractivity contribution is 7.71. The fourth-order valence-electron chi connectivity index (χ4n) is 2.71. The van der Waals surface area contributed by atoms with Gasteiger partial charge in [-0.25, -0.2) is 4.98 Å². The molecule has 6 heteroatoms. The average Bonchev–Trinajstić information content (AvgIpc) is 3.09. The van der Waals surface area contributed by atoms with Crippen molar-refractivity contribution in [2.24, 2.45) is 0 Å². The highest BCUT2D eigenvalue weighted by Gasteiger charge is 2.58. The number of benzene rings is 1. The number of hydrogen-bond donors (Lipinski definition) is 2. The second-order valence-corrected chi connectivity index (χ2v) is 6.94. The number of halogens is 1. The smallest absolute Gasteiger partial charge is 0.215 e. The number of aryl methyl sites for hydroxylation is 1. The van der Waals surface area contributed by atoms with Crippen LogP contribution in [0, 0.1) is 11.7 Å². The van der Waals surface area contributed by atoms with Crippen LogP contribution in [0.2, 0.25) is 0 Å². The van der Waals surface area contributed by atoms with Crippen LogP contribution in [0.1, 0.15) is 24.0 Å². The molecular formula is C15H18ClN3OS. The van der Waals surface area contributed by atoms with Crippen LogP contribution < -0.4 is 0 Å². The summed E-state index contributed by atoms with van der Waals surface area (Å²) in [5.41, 5.74) is 1.22. The summed E-state index contributed by atoms with van der Waals surface area (Å²) in [5, 5.41) is 14.2. The Morgan fingerprint density at radius 3 is 2.76 bits per heavy atom. The third kappa shape index (κ3) is 2.78. The lowest BCUT2D eigenvalue weighted by Crippen LogP contribution is -2.47. The van der Waals surface area contributed by atoms with Crippen LogP contribution >= 0.6 is 23.8 Å².